The first-order chi connectivity index (χ1) is 8.66. The van der Waals surface area contributed by atoms with Crippen molar-refractivity contribution in [3.8, 4) is 0 Å². The van der Waals surface area contributed by atoms with Gasteiger partial charge in [0.05, 0.1) is 0 Å². The van der Waals surface area contributed by atoms with Gasteiger partial charge in [-0.2, -0.15) is 0 Å². The van der Waals surface area contributed by atoms with Crippen LogP contribution < -0.4 is 5.32 Å². The van der Waals surface area contributed by atoms with Crippen LogP contribution in [0.15, 0.2) is 24.3 Å². The number of carbonyl (C=O) groups is 1. The number of amides is 1. The average Bonchev–Trinajstić information content (AvgIpc) is 2.41. The van der Waals surface area contributed by atoms with E-state index in [1.807, 2.05) is 43.0 Å². The van der Waals surface area contributed by atoms with Crippen molar-refractivity contribution in [3.05, 3.63) is 34.9 Å². The fourth-order valence-electron chi connectivity index (χ4n) is 1.98. The third-order valence-electron chi connectivity index (χ3n) is 2.87. The lowest BCUT2D eigenvalue weighted by Crippen LogP contribution is -2.47. The monoisotopic (exact) mass is 268 g/mol. The van der Waals surface area contributed by atoms with Crippen LogP contribution in [0.1, 0.15) is 32.4 Å². The van der Waals surface area contributed by atoms with Crippen LogP contribution in [0.25, 0.3) is 0 Å². The lowest BCUT2D eigenvalue weighted by molar-refractivity contribution is -0.130. The topological polar surface area (TPSA) is 32.3 Å². The molecule has 0 radical (unpaired) electrons. The van der Waals surface area contributed by atoms with Crippen molar-refractivity contribution in [2.24, 2.45) is 0 Å². The highest BCUT2D eigenvalue weighted by molar-refractivity contribution is 6.30. The number of benzene rings is 1. The molecule has 1 fully saturated rings. The number of nitrogens with one attached hydrogen (secondary N) is 1. The van der Waals surface area contributed by atoms with Gasteiger partial charge in [0.1, 0.15) is 0 Å². The maximum absolute atomic E-state index is 11.3. The Balaban J connectivity index is 0.000000771. The van der Waals surface area contributed by atoms with Crippen molar-refractivity contribution in [2.75, 3.05) is 19.6 Å². The minimum Gasteiger partial charge on any atom is -0.340 e. The minimum atomic E-state index is 0.133. The molecule has 1 aliphatic heterocycles. The van der Waals surface area contributed by atoms with Gasteiger partial charge in [-0.25, -0.2) is 0 Å². The fraction of sp³-hybridized carbons (Fsp3) is 0.500. The summed E-state index contributed by atoms with van der Waals surface area (Å²) in [5, 5.41) is 4.13. The molecule has 1 saturated heterocycles. The summed E-state index contributed by atoms with van der Waals surface area (Å²) in [4.78, 5) is 13.2. The fourth-order valence-corrected chi connectivity index (χ4v) is 2.18. The molecule has 1 aromatic carbocycles. The molecule has 0 aliphatic carbocycles. The molecule has 0 aromatic heterocycles. The molecule has 3 nitrogen and oxygen atoms in total. The Kier molecular flexibility index (Phi) is 6.16. The molecule has 1 atom stereocenters. The van der Waals surface area contributed by atoms with Crippen LogP contribution in [-0.2, 0) is 4.79 Å². The van der Waals surface area contributed by atoms with Crippen molar-refractivity contribution in [1.82, 2.24) is 10.2 Å². The Morgan fingerprint density at radius 1 is 1.44 bits per heavy atom. The Hall–Kier alpha value is -1.06. The van der Waals surface area contributed by atoms with Crippen molar-refractivity contribution >= 4 is 17.5 Å². The Morgan fingerprint density at radius 2 is 2.17 bits per heavy atom. The van der Waals surface area contributed by atoms with Crippen molar-refractivity contribution in [2.45, 2.75) is 26.8 Å². The predicted octanol–water partition coefficient (Wildman–Crippen LogP) is 2.86. The molecule has 1 heterocycles. The third kappa shape index (κ3) is 4.00. The Morgan fingerprint density at radius 3 is 2.78 bits per heavy atom. The minimum absolute atomic E-state index is 0.133. The second-order valence-electron chi connectivity index (χ2n) is 4.03. The number of rotatable bonds is 1. The quantitative estimate of drug-likeness (QED) is 0.849. The number of halogens is 1. The first-order valence-corrected chi connectivity index (χ1v) is 6.79. The third-order valence-corrected chi connectivity index (χ3v) is 3.11. The normalized spacial score (nSPS) is 18.9. The van der Waals surface area contributed by atoms with E-state index in [1.54, 1.807) is 6.92 Å². The average molecular weight is 269 g/mol. The van der Waals surface area contributed by atoms with E-state index in [4.69, 9.17) is 11.6 Å². The predicted molar refractivity (Wildman–Crippen MR) is 75.8 cm³/mol. The van der Waals surface area contributed by atoms with Crippen LogP contribution in [0.3, 0.4) is 0 Å². The summed E-state index contributed by atoms with van der Waals surface area (Å²) in [5.41, 5.74) is 1.14. The van der Waals surface area contributed by atoms with E-state index in [9.17, 15) is 4.79 Å². The first-order valence-electron chi connectivity index (χ1n) is 6.41. The molecule has 1 N–H and O–H groups in total. The van der Waals surface area contributed by atoms with Gasteiger partial charge in [0.15, 0.2) is 0 Å². The van der Waals surface area contributed by atoms with Crippen LogP contribution in [-0.4, -0.2) is 30.4 Å². The number of carbonyl (C=O) groups excluding carboxylic acids is 1. The second-order valence-corrected chi connectivity index (χ2v) is 4.46. The van der Waals surface area contributed by atoms with E-state index >= 15 is 0 Å². The number of hydrogen-bond donors (Lipinski definition) is 1. The molecule has 1 aliphatic rings. The van der Waals surface area contributed by atoms with E-state index in [-0.39, 0.29) is 11.9 Å². The smallest absolute Gasteiger partial charge is 0.219 e. The van der Waals surface area contributed by atoms with Crippen LogP contribution >= 0.6 is 11.6 Å². The first kappa shape index (κ1) is 15.0. The van der Waals surface area contributed by atoms with Crippen LogP contribution in [0.4, 0.5) is 0 Å². The molecule has 1 aromatic rings. The highest BCUT2D eigenvalue weighted by atomic mass is 35.5. The Labute approximate surface area is 114 Å². The number of piperazine rings is 1. The standard InChI is InChI=1S/C12H15ClN2O.C2H6/c1-9(16)15-6-5-14-12(8-15)10-3-2-4-11(13)7-10;1-2/h2-4,7,12,14H,5-6,8H2,1H3;1-2H3. The number of nitrogens with zero attached hydrogens (tertiary/aromatic N) is 1. The van der Waals surface area contributed by atoms with Crippen LogP contribution in [0, 0.1) is 0 Å². The lowest BCUT2D eigenvalue weighted by atomic mass is 10.0. The summed E-state index contributed by atoms with van der Waals surface area (Å²) < 4.78 is 0. The van der Waals surface area contributed by atoms with Gasteiger partial charge < -0.3 is 10.2 Å². The lowest BCUT2D eigenvalue weighted by Gasteiger charge is -2.33. The zero-order valence-electron chi connectivity index (χ0n) is 11.2. The summed E-state index contributed by atoms with van der Waals surface area (Å²) in [6.45, 7) is 7.94. The number of hydrogen-bond acceptors (Lipinski definition) is 2. The summed E-state index contributed by atoms with van der Waals surface area (Å²) in [5.74, 6) is 0.133. The van der Waals surface area contributed by atoms with Gasteiger partial charge in [-0.1, -0.05) is 37.6 Å². The largest absolute Gasteiger partial charge is 0.340 e. The van der Waals surface area contributed by atoms with Crippen LogP contribution in [0.5, 0.6) is 0 Å². The maximum atomic E-state index is 11.3. The van der Waals surface area contributed by atoms with Gasteiger partial charge in [0, 0.05) is 37.6 Å². The van der Waals surface area contributed by atoms with Crippen molar-refractivity contribution in [3.63, 3.8) is 0 Å². The zero-order chi connectivity index (χ0) is 13.5. The van der Waals surface area contributed by atoms with E-state index < -0.39 is 0 Å². The summed E-state index contributed by atoms with van der Waals surface area (Å²) in [7, 11) is 0. The molecular weight excluding hydrogens is 248 g/mol. The maximum Gasteiger partial charge on any atom is 0.219 e. The van der Waals surface area contributed by atoms with Gasteiger partial charge >= 0.3 is 0 Å². The van der Waals surface area contributed by atoms with Crippen molar-refractivity contribution in [1.29, 1.82) is 0 Å². The highest BCUT2D eigenvalue weighted by Crippen LogP contribution is 2.20. The molecule has 0 spiro atoms. The summed E-state index contributed by atoms with van der Waals surface area (Å²) in [6, 6.07) is 7.97. The van der Waals surface area contributed by atoms with Crippen LogP contribution in [0.2, 0.25) is 5.02 Å². The molecule has 1 amide bonds. The zero-order valence-corrected chi connectivity index (χ0v) is 12.0. The van der Waals surface area contributed by atoms with E-state index in [0.717, 1.165) is 30.2 Å². The van der Waals surface area contributed by atoms with E-state index in [1.165, 1.54) is 0 Å². The molecule has 4 heteroatoms. The molecule has 2 rings (SSSR count). The summed E-state index contributed by atoms with van der Waals surface area (Å²) >= 11 is 5.95. The highest BCUT2D eigenvalue weighted by Gasteiger charge is 2.22. The summed E-state index contributed by atoms with van der Waals surface area (Å²) in [6.07, 6.45) is 0. The van der Waals surface area contributed by atoms with E-state index in [0.29, 0.717) is 0 Å². The van der Waals surface area contributed by atoms with E-state index in [2.05, 4.69) is 5.32 Å². The van der Waals surface area contributed by atoms with Crippen molar-refractivity contribution < 1.29 is 4.79 Å². The second kappa shape index (κ2) is 7.39. The van der Waals surface area contributed by atoms with Gasteiger partial charge in [0.2, 0.25) is 5.91 Å². The molecule has 1 unspecified atom stereocenters. The van der Waals surface area contributed by atoms with Gasteiger partial charge in [-0.15, -0.1) is 0 Å². The van der Waals surface area contributed by atoms with Gasteiger partial charge in [0.25, 0.3) is 0 Å². The molecule has 0 bridgehead atoms. The SMILES string of the molecule is CC.CC(=O)N1CCNC(c2cccc(Cl)c2)C1. The van der Waals surface area contributed by atoms with Gasteiger partial charge in [-0.3, -0.25) is 4.79 Å². The van der Waals surface area contributed by atoms with Gasteiger partial charge in [-0.05, 0) is 17.7 Å². The molecule has 100 valence electrons. The molecular formula is C14H21ClN2O. The molecule has 18 heavy (non-hydrogen) atoms. The molecule has 0 saturated carbocycles. The Bertz CT molecular complexity index is 395.